The Hall–Kier alpha value is -2.63. The lowest BCUT2D eigenvalue weighted by atomic mass is 10.2. The Labute approximate surface area is 114 Å². The summed E-state index contributed by atoms with van der Waals surface area (Å²) >= 11 is 0. The molecule has 2 rings (SSSR count). The minimum atomic E-state index is -0.870. The van der Waals surface area contributed by atoms with Crippen molar-refractivity contribution in [2.45, 2.75) is 6.54 Å². The third kappa shape index (κ3) is 3.68. The van der Waals surface area contributed by atoms with E-state index < -0.39 is 17.7 Å². The van der Waals surface area contributed by atoms with Crippen molar-refractivity contribution in [3.8, 4) is 0 Å². The maximum Gasteiger partial charge on any atom is 0.316 e. The van der Waals surface area contributed by atoms with Crippen LogP contribution < -0.4 is 16.4 Å². The van der Waals surface area contributed by atoms with Gasteiger partial charge in [0.15, 0.2) is 11.6 Å². The minimum absolute atomic E-state index is 0.361. The summed E-state index contributed by atoms with van der Waals surface area (Å²) in [4.78, 5) is 10.7. The number of benzene rings is 2. The van der Waals surface area contributed by atoms with Gasteiger partial charge in [0.1, 0.15) is 0 Å². The first kappa shape index (κ1) is 13.8. The van der Waals surface area contributed by atoms with Gasteiger partial charge in [0.2, 0.25) is 0 Å². The summed E-state index contributed by atoms with van der Waals surface area (Å²) in [5.41, 5.74) is 6.98. The van der Waals surface area contributed by atoms with Gasteiger partial charge < -0.3 is 16.4 Å². The number of primary amides is 1. The van der Waals surface area contributed by atoms with Crippen LogP contribution in [0.2, 0.25) is 0 Å². The molecule has 0 atom stereocenters. The van der Waals surface area contributed by atoms with Gasteiger partial charge in [0.05, 0.1) is 0 Å². The van der Waals surface area contributed by atoms with Crippen LogP contribution in [-0.2, 0) is 6.54 Å². The van der Waals surface area contributed by atoms with Crippen LogP contribution in [0.4, 0.5) is 25.0 Å². The molecule has 0 aliphatic rings. The van der Waals surface area contributed by atoms with Crippen molar-refractivity contribution in [1.82, 2.24) is 0 Å². The Morgan fingerprint density at radius 3 is 2.25 bits per heavy atom. The van der Waals surface area contributed by atoms with Crippen molar-refractivity contribution < 1.29 is 13.6 Å². The summed E-state index contributed by atoms with van der Waals surface area (Å²) in [6, 6.07) is 9.95. The largest absolute Gasteiger partial charge is 0.381 e. The van der Waals surface area contributed by atoms with Crippen LogP contribution in [0.15, 0.2) is 42.5 Å². The zero-order valence-electron chi connectivity index (χ0n) is 10.5. The number of carbonyl (C=O) groups excluding carboxylic acids is 1. The second-order valence-electron chi connectivity index (χ2n) is 4.17. The third-order valence-corrected chi connectivity index (χ3v) is 2.63. The summed E-state index contributed by atoms with van der Waals surface area (Å²) < 4.78 is 25.8. The number of carbonyl (C=O) groups is 1. The lowest BCUT2D eigenvalue weighted by Crippen LogP contribution is -2.19. The highest BCUT2D eigenvalue weighted by Crippen LogP contribution is 2.15. The molecule has 2 aromatic carbocycles. The Morgan fingerprint density at radius 1 is 1.00 bits per heavy atom. The van der Waals surface area contributed by atoms with E-state index in [0.717, 1.165) is 17.8 Å². The fourth-order valence-electron chi connectivity index (χ4n) is 1.67. The van der Waals surface area contributed by atoms with E-state index in [1.54, 1.807) is 24.3 Å². The predicted molar refractivity (Wildman–Crippen MR) is 73.3 cm³/mol. The molecule has 0 radical (unpaired) electrons. The van der Waals surface area contributed by atoms with Crippen LogP contribution in [0, 0.1) is 11.6 Å². The first-order valence-electron chi connectivity index (χ1n) is 5.89. The Balaban J connectivity index is 1.96. The van der Waals surface area contributed by atoms with E-state index in [1.165, 1.54) is 6.07 Å². The van der Waals surface area contributed by atoms with Crippen LogP contribution in [0.1, 0.15) is 5.56 Å². The second-order valence-corrected chi connectivity index (χ2v) is 4.17. The van der Waals surface area contributed by atoms with Gasteiger partial charge in [-0.15, -0.1) is 0 Å². The number of nitrogens with two attached hydrogens (primary N) is 1. The van der Waals surface area contributed by atoms with Gasteiger partial charge in [-0.05, 0) is 42.0 Å². The fraction of sp³-hybridized carbons (Fsp3) is 0.0714. The lowest BCUT2D eigenvalue weighted by Gasteiger charge is -2.08. The number of nitrogens with one attached hydrogen (secondary N) is 2. The quantitative estimate of drug-likeness (QED) is 0.804. The second kappa shape index (κ2) is 6.01. The smallest absolute Gasteiger partial charge is 0.316 e. The highest BCUT2D eigenvalue weighted by atomic mass is 19.2. The number of rotatable bonds is 4. The van der Waals surface area contributed by atoms with Crippen molar-refractivity contribution in [3.05, 3.63) is 59.7 Å². The predicted octanol–water partition coefficient (Wildman–Crippen LogP) is 3.07. The Bertz CT molecular complexity index is 614. The maximum absolute atomic E-state index is 13.0. The first-order chi connectivity index (χ1) is 9.54. The van der Waals surface area contributed by atoms with Crippen molar-refractivity contribution in [2.75, 3.05) is 10.6 Å². The van der Waals surface area contributed by atoms with Gasteiger partial charge in [-0.3, -0.25) is 0 Å². The third-order valence-electron chi connectivity index (χ3n) is 2.63. The number of halogens is 2. The fourth-order valence-corrected chi connectivity index (χ4v) is 1.67. The van der Waals surface area contributed by atoms with Crippen molar-refractivity contribution in [1.29, 1.82) is 0 Å². The molecule has 104 valence electrons. The molecule has 0 heterocycles. The monoisotopic (exact) mass is 277 g/mol. The molecular formula is C14H13F2N3O. The molecule has 0 saturated heterocycles. The molecule has 0 spiro atoms. The molecule has 0 saturated carbocycles. The molecule has 4 N–H and O–H groups in total. The van der Waals surface area contributed by atoms with E-state index in [4.69, 9.17) is 5.73 Å². The molecule has 20 heavy (non-hydrogen) atoms. The SMILES string of the molecule is NC(=O)Nc1ccc(NCc2ccc(F)c(F)c2)cc1. The topological polar surface area (TPSA) is 67.2 Å². The normalized spacial score (nSPS) is 10.1. The van der Waals surface area contributed by atoms with Crippen LogP contribution >= 0.6 is 0 Å². The molecule has 2 aromatic rings. The highest BCUT2D eigenvalue weighted by Gasteiger charge is 2.02. The highest BCUT2D eigenvalue weighted by molar-refractivity contribution is 5.87. The van der Waals surface area contributed by atoms with Gasteiger partial charge in [0, 0.05) is 17.9 Å². The van der Waals surface area contributed by atoms with E-state index in [0.29, 0.717) is 17.8 Å². The molecule has 0 aliphatic carbocycles. The lowest BCUT2D eigenvalue weighted by molar-refractivity contribution is 0.259. The molecule has 6 heteroatoms. The van der Waals surface area contributed by atoms with E-state index in [-0.39, 0.29) is 0 Å². The number of amides is 2. The summed E-state index contributed by atoms with van der Waals surface area (Å²) in [6.45, 7) is 0.361. The van der Waals surface area contributed by atoms with E-state index in [1.807, 2.05) is 0 Å². The van der Waals surface area contributed by atoms with Crippen LogP contribution in [0.25, 0.3) is 0 Å². The Kier molecular flexibility index (Phi) is 4.14. The number of hydrogen-bond donors (Lipinski definition) is 3. The summed E-state index contributed by atoms with van der Waals surface area (Å²) in [7, 11) is 0. The maximum atomic E-state index is 13.0. The molecule has 0 bridgehead atoms. The van der Waals surface area contributed by atoms with Crippen LogP contribution in [-0.4, -0.2) is 6.03 Å². The molecular weight excluding hydrogens is 264 g/mol. The zero-order chi connectivity index (χ0) is 14.5. The van der Waals surface area contributed by atoms with Gasteiger partial charge in [0.25, 0.3) is 0 Å². The molecule has 0 fully saturated rings. The van der Waals surface area contributed by atoms with E-state index >= 15 is 0 Å². The Morgan fingerprint density at radius 2 is 1.65 bits per heavy atom. The van der Waals surface area contributed by atoms with Crippen molar-refractivity contribution in [2.24, 2.45) is 5.73 Å². The minimum Gasteiger partial charge on any atom is -0.381 e. The number of anilines is 2. The average Bonchev–Trinajstić information content (AvgIpc) is 2.41. The molecule has 0 aromatic heterocycles. The van der Waals surface area contributed by atoms with E-state index in [2.05, 4.69) is 10.6 Å². The van der Waals surface area contributed by atoms with Crippen LogP contribution in [0.5, 0.6) is 0 Å². The molecule has 0 aliphatic heterocycles. The summed E-state index contributed by atoms with van der Waals surface area (Å²) in [5.74, 6) is -1.74. The van der Waals surface area contributed by atoms with Gasteiger partial charge in [-0.25, -0.2) is 13.6 Å². The summed E-state index contributed by atoms with van der Waals surface area (Å²) in [5, 5.41) is 5.49. The summed E-state index contributed by atoms with van der Waals surface area (Å²) in [6.07, 6.45) is 0. The van der Waals surface area contributed by atoms with E-state index in [9.17, 15) is 13.6 Å². The van der Waals surface area contributed by atoms with Crippen LogP contribution in [0.3, 0.4) is 0 Å². The van der Waals surface area contributed by atoms with Gasteiger partial charge in [-0.1, -0.05) is 6.07 Å². The number of urea groups is 1. The van der Waals surface area contributed by atoms with Gasteiger partial charge >= 0.3 is 6.03 Å². The average molecular weight is 277 g/mol. The molecule has 0 unspecified atom stereocenters. The van der Waals surface area contributed by atoms with Crippen molar-refractivity contribution >= 4 is 17.4 Å². The zero-order valence-corrected chi connectivity index (χ0v) is 10.5. The number of hydrogen-bond acceptors (Lipinski definition) is 2. The van der Waals surface area contributed by atoms with Crippen molar-refractivity contribution in [3.63, 3.8) is 0 Å². The van der Waals surface area contributed by atoms with Gasteiger partial charge in [-0.2, -0.15) is 0 Å². The molecule has 4 nitrogen and oxygen atoms in total. The standard InChI is InChI=1S/C14H13F2N3O/c15-12-6-1-9(7-13(12)16)8-18-10-2-4-11(5-3-10)19-14(17)20/h1-7,18H,8H2,(H3,17,19,20). The first-order valence-corrected chi connectivity index (χ1v) is 5.89. The molecule has 2 amide bonds.